The van der Waals surface area contributed by atoms with Crippen LogP contribution in [0.1, 0.15) is 25.7 Å². The van der Waals surface area contributed by atoms with Crippen LogP contribution in [0, 0.1) is 5.92 Å². The highest BCUT2D eigenvalue weighted by atomic mass is 28.3. The maximum Gasteiger partial charge on any atom is 0.320 e. The number of amides is 2. The van der Waals surface area contributed by atoms with Gasteiger partial charge >= 0.3 is 12.0 Å². The largest absolute Gasteiger partial charge is 0.481 e. The minimum atomic E-state index is -1.12. The van der Waals surface area contributed by atoms with Gasteiger partial charge in [0.15, 0.2) is 11.5 Å². The van der Waals surface area contributed by atoms with E-state index < -0.39 is 26.0 Å². The molecule has 3 N–H and O–H groups in total. The van der Waals surface area contributed by atoms with Crippen LogP contribution >= 0.6 is 0 Å². The fourth-order valence-electron chi connectivity index (χ4n) is 3.55. The number of carboxylic acids is 1. The van der Waals surface area contributed by atoms with Crippen molar-refractivity contribution < 1.29 is 19.4 Å². The van der Waals surface area contributed by atoms with Gasteiger partial charge in [0.25, 0.3) is 0 Å². The zero-order chi connectivity index (χ0) is 21.7. The van der Waals surface area contributed by atoms with Gasteiger partial charge in [-0.2, -0.15) is 0 Å². The molecule has 2 atom stereocenters. The SMILES string of the molecule is C[Si](C)(C)CCOCn1ccc2nc(NC(=O)N[C@H]3CCC[C@H](C(=O)O)C3)cnc21. The van der Waals surface area contributed by atoms with Gasteiger partial charge in [0.2, 0.25) is 0 Å². The summed E-state index contributed by atoms with van der Waals surface area (Å²) in [5.41, 5.74) is 1.37. The first kappa shape index (κ1) is 22.2. The van der Waals surface area contributed by atoms with E-state index in [4.69, 9.17) is 4.74 Å². The van der Waals surface area contributed by atoms with E-state index in [9.17, 15) is 14.7 Å². The van der Waals surface area contributed by atoms with Crippen LogP contribution in [0.3, 0.4) is 0 Å². The van der Waals surface area contributed by atoms with Crippen molar-refractivity contribution in [2.45, 2.75) is 64.1 Å². The summed E-state index contributed by atoms with van der Waals surface area (Å²) in [5, 5.41) is 14.7. The molecule has 1 aliphatic rings. The summed E-state index contributed by atoms with van der Waals surface area (Å²) < 4.78 is 7.67. The van der Waals surface area contributed by atoms with Crippen molar-refractivity contribution in [1.82, 2.24) is 19.9 Å². The molecule has 0 aliphatic heterocycles. The van der Waals surface area contributed by atoms with E-state index in [1.54, 1.807) is 0 Å². The topological polar surface area (TPSA) is 118 Å². The standard InChI is InChI=1S/C20H31N5O4Si/c1-30(2,3)10-9-29-13-25-8-7-16-18(25)21-12-17(23-16)24-20(28)22-15-6-4-5-14(11-15)19(26)27/h7-8,12,14-15H,4-6,9-11,13H2,1-3H3,(H,26,27)(H2,22,23,24,28)/t14-,15-/m0/s1. The molecule has 9 nitrogen and oxygen atoms in total. The lowest BCUT2D eigenvalue weighted by atomic mass is 9.86. The van der Waals surface area contributed by atoms with Crippen molar-refractivity contribution in [3.8, 4) is 0 Å². The summed E-state index contributed by atoms with van der Waals surface area (Å²) in [5.74, 6) is -0.844. The number of aromatic nitrogens is 3. The molecule has 0 spiro atoms. The quantitative estimate of drug-likeness (QED) is 0.433. The molecular formula is C20H31N5O4Si. The van der Waals surface area contributed by atoms with E-state index in [0.29, 0.717) is 36.6 Å². The van der Waals surface area contributed by atoms with E-state index in [1.807, 2.05) is 16.8 Å². The van der Waals surface area contributed by atoms with Gasteiger partial charge in [0.05, 0.1) is 12.1 Å². The zero-order valence-electron chi connectivity index (χ0n) is 17.9. The van der Waals surface area contributed by atoms with Gasteiger partial charge in [-0.25, -0.2) is 14.8 Å². The molecule has 30 heavy (non-hydrogen) atoms. The van der Waals surface area contributed by atoms with Crippen molar-refractivity contribution >= 4 is 37.1 Å². The zero-order valence-corrected chi connectivity index (χ0v) is 18.9. The summed E-state index contributed by atoms with van der Waals surface area (Å²) in [4.78, 5) is 32.3. The Morgan fingerprint density at radius 1 is 1.33 bits per heavy atom. The first-order valence-electron chi connectivity index (χ1n) is 10.4. The third-order valence-electron chi connectivity index (χ3n) is 5.29. The molecule has 0 aromatic carbocycles. The molecule has 10 heteroatoms. The Bertz CT molecular complexity index is 895. The Morgan fingerprint density at radius 2 is 2.13 bits per heavy atom. The molecule has 2 aromatic heterocycles. The predicted molar refractivity (Wildman–Crippen MR) is 117 cm³/mol. The van der Waals surface area contributed by atoms with E-state index in [2.05, 4.69) is 40.2 Å². The molecule has 0 radical (unpaired) electrons. The minimum Gasteiger partial charge on any atom is -0.481 e. The van der Waals surface area contributed by atoms with Crippen molar-refractivity contribution in [3.63, 3.8) is 0 Å². The number of carbonyl (C=O) groups excluding carboxylic acids is 1. The molecule has 1 aliphatic carbocycles. The van der Waals surface area contributed by atoms with Crippen LogP contribution in [-0.4, -0.2) is 52.4 Å². The van der Waals surface area contributed by atoms with Crippen molar-refractivity contribution in [1.29, 1.82) is 0 Å². The van der Waals surface area contributed by atoms with Gasteiger partial charge in [-0.1, -0.05) is 26.1 Å². The molecule has 1 fully saturated rings. The smallest absolute Gasteiger partial charge is 0.320 e. The monoisotopic (exact) mass is 433 g/mol. The van der Waals surface area contributed by atoms with Crippen LogP contribution in [0.15, 0.2) is 18.5 Å². The fourth-order valence-corrected chi connectivity index (χ4v) is 4.31. The van der Waals surface area contributed by atoms with Gasteiger partial charge in [-0.15, -0.1) is 0 Å². The molecule has 0 unspecified atom stereocenters. The Kier molecular flexibility index (Phi) is 7.09. The van der Waals surface area contributed by atoms with E-state index in [-0.39, 0.29) is 6.04 Å². The van der Waals surface area contributed by atoms with Gasteiger partial charge in [-0.3, -0.25) is 10.1 Å². The second kappa shape index (κ2) is 9.56. The van der Waals surface area contributed by atoms with Crippen molar-refractivity contribution in [2.24, 2.45) is 5.92 Å². The van der Waals surface area contributed by atoms with Gasteiger partial charge in [0.1, 0.15) is 12.2 Å². The number of hydrogen-bond acceptors (Lipinski definition) is 5. The highest BCUT2D eigenvalue weighted by Crippen LogP contribution is 2.24. The Balaban J connectivity index is 1.53. The molecule has 2 amide bonds. The second-order valence-corrected chi connectivity index (χ2v) is 14.7. The maximum atomic E-state index is 12.3. The normalized spacial score (nSPS) is 19.6. The van der Waals surface area contributed by atoms with Crippen LogP contribution in [0.2, 0.25) is 25.7 Å². The summed E-state index contributed by atoms with van der Waals surface area (Å²) in [6.45, 7) is 8.10. The van der Waals surface area contributed by atoms with Crippen LogP contribution < -0.4 is 10.6 Å². The number of nitrogens with one attached hydrogen (secondary N) is 2. The highest BCUT2D eigenvalue weighted by molar-refractivity contribution is 6.76. The molecule has 3 rings (SSSR count). The number of urea groups is 1. The predicted octanol–water partition coefficient (Wildman–Crippen LogP) is 3.51. The first-order chi connectivity index (χ1) is 14.2. The molecule has 1 saturated carbocycles. The average molecular weight is 434 g/mol. The van der Waals surface area contributed by atoms with E-state index >= 15 is 0 Å². The molecular weight excluding hydrogens is 402 g/mol. The number of rotatable bonds is 8. The first-order valence-corrected chi connectivity index (χ1v) is 14.1. The summed E-state index contributed by atoms with van der Waals surface area (Å²) >= 11 is 0. The lowest BCUT2D eigenvalue weighted by Gasteiger charge is -2.27. The van der Waals surface area contributed by atoms with Gasteiger partial charge in [0, 0.05) is 26.9 Å². The number of carbonyl (C=O) groups is 2. The average Bonchev–Trinajstić information content (AvgIpc) is 3.07. The molecule has 2 heterocycles. The van der Waals surface area contributed by atoms with Crippen molar-refractivity contribution in [2.75, 3.05) is 11.9 Å². The lowest BCUT2D eigenvalue weighted by Crippen LogP contribution is -2.42. The molecule has 0 bridgehead atoms. The minimum absolute atomic E-state index is 0.147. The highest BCUT2D eigenvalue weighted by Gasteiger charge is 2.27. The fraction of sp³-hybridized carbons (Fsp3) is 0.600. The van der Waals surface area contributed by atoms with Crippen molar-refractivity contribution in [3.05, 3.63) is 18.5 Å². The lowest BCUT2D eigenvalue weighted by molar-refractivity contribution is -0.143. The van der Waals surface area contributed by atoms with Crippen LogP contribution in [-0.2, 0) is 16.3 Å². The van der Waals surface area contributed by atoms with Crippen LogP contribution in [0.5, 0.6) is 0 Å². The van der Waals surface area contributed by atoms with Gasteiger partial charge in [-0.05, 0) is 31.4 Å². The summed E-state index contributed by atoms with van der Waals surface area (Å²) in [6.07, 6.45) is 6.08. The molecule has 2 aromatic rings. The van der Waals surface area contributed by atoms with Crippen LogP contribution in [0.25, 0.3) is 11.2 Å². The number of ether oxygens (including phenoxy) is 1. The summed E-state index contributed by atoms with van der Waals surface area (Å²) in [6, 6.07) is 2.40. The van der Waals surface area contributed by atoms with Crippen LogP contribution in [0.4, 0.5) is 10.6 Å². The summed E-state index contributed by atoms with van der Waals surface area (Å²) in [7, 11) is -1.12. The third kappa shape index (κ3) is 6.27. The van der Waals surface area contributed by atoms with E-state index in [1.165, 1.54) is 6.20 Å². The number of hydrogen-bond donors (Lipinski definition) is 3. The number of fused-ring (bicyclic) bond motifs is 1. The molecule has 0 saturated heterocycles. The Labute approximate surface area is 177 Å². The second-order valence-electron chi connectivity index (χ2n) is 9.09. The molecule has 164 valence electrons. The number of aliphatic carboxylic acids is 1. The Hall–Kier alpha value is -2.46. The number of nitrogens with zero attached hydrogens (tertiary/aromatic N) is 3. The number of anilines is 1. The van der Waals surface area contributed by atoms with E-state index in [0.717, 1.165) is 25.5 Å². The number of carboxylic acid groups (broad SMARTS) is 1. The Morgan fingerprint density at radius 3 is 2.87 bits per heavy atom. The van der Waals surface area contributed by atoms with Gasteiger partial charge < -0.3 is 19.7 Å². The third-order valence-corrected chi connectivity index (χ3v) is 6.99. The maximum absolute atomic E-state index is 12.3.